The minimum atomic E-state index is -0.332. The number of carbonyl (C=O) groups is 3. The second-order valence-corrected chi connectivity index (χ2v) is 6.12. The predicted molar refractivity (Wildman–Crippen MR) is 95.6 cm³/mol. The summed E-state index contributed by atoms with van der Waals surface area (Å²) >= 11 is 0. The van der Waals surface area contributed by atoms with Crippen LogP contribution < -0.4 is 5.32 Å². The zero-order valence-corrected chi connectivity index (χ0v) is 14.3. The molecule has 3 rings (SSSR count). The predicted octanol–water partition coefficient (Wildman–Crippen LogP) is 3.18. The highest BCUT2D eigenvalue weighted by Gasteiger charge is 2.35. The molecule has 1 aliphatic rings. The van der Waals surface area contributed by atoms with Gasteiger partial charge in [-0.2, -0.15) is 0 Å². The Morgan fingerprint density at radius 3 is 2.52 bits per heavy atom. The summed E-state index contributed by atoms with van der Waals surface area (Å²) in [6.45, 7) is 3.97. The number of para-hydroxylation sites is 1. The molecule has 0 aromatic heterocycles. The lowest BCUT2D eigenvalue weighted by Gasteiger charge is -2.14. The number of benzene rings is 2. The molecule has 0 radical (unpaired) electrons. The molecule has 1 aliphatic heterocycles. The van der Waals surface area contributed by atoms with Gasteiger partial charge >= 0.3 is 0 Å². The number of nitrogens with zero attached hydrogens (tertiary/aromatic N) is 1. The summed E-state index contributed by atoms with van der Waals surface area (Å²) in [7, 11) is 0. The smallest absolute Gasteiger partial charge is 0.261 e. The molecular weight excluding hydrogens is 316 g/mol. The molecule has 0 aliphatic carbocycles. The highest BCUT2D eigenvalue weighted by atomic mass is 16.2. The van der Waals surface area contributed by atoms with Crippen molar-refractivity contribution in [3.63, 3.8) is 0 Å². The summed E-state index contributed by atoms with van der Waals surface area (Å²) in [5, 5.41) is 2.86. The minimum absolute atomic E-state index is 0.0719. The molecule has 5 nitrogen and oxygen atoms in total. The fourth-order valence-electron chi connectivity index (χ4n) is 2.98. The Balaban J connectivity index is 1.65. The van der Waals surface area contributed by atoms with Crippen LogP contribution in [0.1, 0.15) is 45.2 Å². The number of amides is 3. The highest BCUT2D eigenvalue weighted by Crippen LogP contribution is 2.24. The molecule has 128 valence electrons. The van der Waals surface area contributed by atoms with Crippen molar-refractivity contribution in [2.24, 2.45) is 0 Å². The van der Waals surface area contributed by atoms with Crippen LogP contribution >= 0.6 is 0 Å². The van der Waals surface area contributed by atoms with Crippen LogP contribution in [0, 0.1) is 6.92 Å². The van der Waals surface area contributed by atoms with Crippen LogP contribution in [-0.4, -0.2) is 29.2 Å². The lowest BCUT2D eigenvalue weighted by molar-refractivity contribution is -0.116. The number of hydrogen-bond donors (Lipinski definition) is 1. The molecule has 0 spiro atoms. The van der Waals surface area contributed by atoms with Gasteiger partial charge in [-0.25, -0.2) is 0 Å². The third-order valence-corrected chi connectivity index (χ3v) is 4.36. The lowest BCUT2D eigenvalue weighted by Crippen LogP contribution is -2.33. The molecule has 3 amide bonds. The van der Waals surface area contributed by atoms with E-state index in [0.717, 1.165) is 28.1 Å². The first-order valence-electron chi connectivity index (χ1n) is 8.36. The molecule has 0 saturated heterocycles. The Kier molecular flexibility index (Phi) is 4.65. The highest BCUT2D eigenvalue weighted by molar-refractivity contribution is 6.21. The largest absolute Gasteiger partial charge is 0.326 e. The number of carbonyl (C=O) groups excluding carboxylic acids is 3. The SMILES string of the molecule is CCc1ccccc1NC(=O)CCN1C(=O)c2ccc(C)cc2C1=O. The van der Waals surface area contributed by atoms with E-state index in [9.17, 15) is 14.4 Å². The van der Waals surface area contributed by atoms with Gasteiger partial charge in [0.2, 0.25) is 5.91 Å². The molecule has 0 saturated carbocycles. The van der Waals surface area contributed by atoms with Gasteiger partial charge in [0.15, 0.2) is 0 Å². The van der Waals surface area contributed by atoms with E-state index in [2.05, 4.69) is 5.32 Å². The van der Waals surface area contributed by atoms with Gasteiger partial charge in [-0.3, -0.25) is 19.3 Å². The van der Waals surface area contributed by atoms with E-state index in [-0.39, 0.29) is 30.7 Å². The first-order chi connectivity index (χ1) is 12.0. The quantitative estimate of drug-likeness (QED) is 0.853. The van der Waals surface area contributed by atoms with E-state index >= 15 is 0 Å². The molecular formula is C20H20N2O3. The summed E-state index contributed by atoms with van der Waals surface area (Å²) in [4.78, 5) is 38.1. The van der Waals surface area contributed by atoms with Crippen LogP contribution in [0.2, 0.25) is 0 Å². The summed E-state index contributed by atoms with van der Waals surface area (Å²) < 4.78 is 0. The number of imide groups is 1. The maximum atomic E-state index is 12.4. The van der Waals surface area contributed by atoms with Crippen LogP contribution in [0.25, 0.3) is 0 Å². The molecule has 0 unspecified atom stereocenters. The lowest BCUT2D eigenvalue weighted by atomic mass is 10.1. The molecule has 2 aromatic carbocycles. The molecule has 1 heterocycles. The second kappa shape index (κ2) is 6.89. The van der Waals surface area contributed by atoms with Crippen LogP contribution in [0.15, 0.2) is 42.5 Å². The van der Waals surface area contributed by atoms with Crippen LogP contribution in [0.5, 0.6) is 0 Å². The van der Waals surface area contributed by atoms with Crippen molar-refractivity contribution in [2.45, 2.75) is 26.7 Å². The van der Waals surface area contributed by atoms with Crippen molar-refractivity contribution in [2.75, 3.05) is 11.9 Å². The molecule has 0 bridgehead atoms. The summed E-state index contributed by atoms with van der Waals surface area (Å²) in [5.74, 6) is -0.874. The van der Waals surface area contributed by atoms with Crippen molar-refractivity contribution in [3.05, 3.63) is 64.7 Å². The van der Waals surface area contributed by atoms with E-state index in [1.54, 1.807) is 12.1 Å². The first kappa shape index (κ1) is 16.9. The first-order valence-corrected chi connectivity index (χ1v) is 8.36. The van der Waals surface area contributed by atoms with Crippen molar-refractivity contribution >= 4 is 23.4 Å². The molecule has 5 heteroatoms. The van der Waals surface area contributed by atoms with Gasteiger partial charge in [0, 0.05) is 18.7 Å². The maximum absolute atomic E-state index is 12.4. The Hall–Kier alpha value is -2.95. The van der Waals surface area contributed by atoms with Gasteiger partial charge in [0.05, 0.1) is 11.1 Å². The van der Waals surface area contributed by atoms with Crippen molar-refractivity contribution < 1.29 is 14.4 Å². The van der Waals surface area contributed by atoms with E-state index in [4.69, 9.17) is 0 Å². The fraction of sp³-hybridized carbons (Fsp3) is 0.250. The molecule has 2 aromatic rings. The second-order valence-electron chi connectivity index (χ2n) is 6.12. The van der Waals surface area contributed by atoms with Gasteiger partial charge in [-0.1, -0.05) is 36.8 Å². The van der Waals surface area contributed by atoms with E-state index < -0.39 is 0 Å². The van der Waals surface area contributed by atoms with Gasteiger partial charge in [-0.15, -0.1) is 0 Å². The van der Waals surface area contributed by atoms with Crippen LogP contribution in [0.3, 0.4) is 0 Å². The third-order valence-electron chi connectivity index (χ3n) is 4.36. The molecule has 0 atom stereocenters. The summed E-state index contributed by atoms with van der Waals surface area (Å²) in [5.41, 5.74) is 3.57. The number of anilines is 1. The number of hydrogen-bond acceptors (Lipinski definition) is 3. The van der Waals surface area contributed by atoms with Crippen molar-refractivity contribution in [1.29, 1.82) is 0 Å². The average molecular weight is 336 g/mol. The minimum Gasteiger partial charge on any atom is -0.326 e. The van der Waals surface area contributed by atoms with Gasteiger partial charge < -0.3 is 5.32 Å². The van der Waals surface area contributed by atoms with E-state index in [1.807, 2.05) is 44.2 Å². The number of nitrogens with one attached hydrogen (secondary N) is 1. The third kappa shape index (κ3) is 3.31. The number of aryl methyl sites for hydroxylation is 2. The number of fused-ring (bicyclic) bond motifs is 1. The number of rotatable bonds is 5. The van der Waals surface area contributed by atoms with E-state index in [1.165, 1.54) is 0 Å². The zero-order valence-electron chi connectivity index (χ0n) is 14.3. The molecule has 0 fully saturated rings. The maximum Gasteiger partial charge on any atom is 0.261 e. The topological polar surface area (TPSA) is 66.5 Å². The monoisotopic (exact) mass is 336 g/mol. The Labute approximate surface area is 146 Å². The van der Waals surface area contributed by atoms with Gasteiger partial charge in [0.1, 0.15) is 0 Å². The van der Waals surface area contributed by atoms with E-state index in [0.29, 0.717) is 11.1 Å². The summed E-state index contributed by atoms with van der Waals surface area (Å²) in [6.07, 6.45) is 0.886. The zero-order chi connectivity index (χ0) is 18.0. The normalized spacial score (nSPS) is 13.1. The molecule has 1 N–H and O–H groups in total. The average Bonchev–Trinajstić information content (AvgIpc) is 2.84. The van der Waals surface area contributed by atoms with Gasteiger partial charge in [0.25, 0.3) is 11.8 Å². The van der Waals surface area contributed by atoms with Gasteiger partial charge in [-0.05, 0) is 37.1 Å². The summed E-state index contributed by atoms with van der Waals surface area (Å²) in [6, 6.07) is 12.8. The van der Waals surface area contributed by atoms with Crippen molar-refractivity contribution in [3.8, 4) is 0 Å². The standard InChI is InChI=1S/C20H20N2O3/c1-3-14-6-4-5-7-17(14)21-18(23)10-11-22-19(24)15-9-8-13(2)12-16(15)20(22)25/h4-9,12H,3,10-11H2,1-2H3,(H,21,23). The van der Waals surface area contributed by atoms with Crippen molar-refractivity contribution in [1.82, 2.24) is 4.90 Å². The van der Waals surface area contributed by atoms with Crippen LogP contribution in [0.4, 0.5) is 5.69 Å². The molecule has 25 heavy (non-hydrogen) atoms. The Morgan fingerprint density at radius 2 is 1.76 bits per heavy atom. The Bertz CT molecular complexity index is 858. The van der Waals surface area contributed by atoms with Crippen LogP contribution in [-0.2, 0) is 11.2 Å². The fourth-order valence-corrected chi connectivity index (χ4v) is 2.98. The Morgan fingerprint density at radius 1 is 1.04 bits per heavy atom.